The molecule has 14 heavy (non-hydrogen) atoms. The summed E-state index contributed by atoms with van der Waals surface area (Å²) in [6.45, 7) is 0.416. The Labute approximate surface area is 83.3 Å². The molecule has 0 saturated heterocycles. The van der Waals surface area contributed by atoms with Crippen molar-refractivity contribution in [3.63, 3.8) is 0 Å². The zero-order valence-electron chi connectivity index (χ0n) is 7.83. The van der Waals surface area contributed by atoms with Gasteiger partial charge in [0.2, 0.25) is 0 Å². The Morgan fingerprint density at radius 1 is 1.50 bits per heavy atom. The number of hydrogen-bond donors (Lipinski definition) is 1. The molecule has 0 aromatic heterocycles. The summed E-state index contributed by atoms with van der Waals surface area (Å²) in [4.78, 5) is 0. The molecule has 1 N–H and O–H groups in total. The van der Waals surface area contributed by atoms with Crippen LogP contribution in [0.25, 0.3) is 0 Å². The van der Waals surface area contributed by atoms with Crippen molar-refractivity contribution in [1.82, 2.24) is 5.32 Å². The van der Waals surface area contributed by atoms with Gasteiger partial charge >= 0.3 is 0 Å². The molecule has 0 saturated carbocycles. The first-order chi connectivity index (χ1) is 6.83. The summed E-state index contributed by atoms with van der Waals surface area (Å²) in [6, 6.07) is 7.58. The zero-order chi connectivity index (χ0) is 9.97. The van der Waals surface area contributed by atoms with Crippen LogP contribution in [0.15, 0.2) is 24.3 Å². The molecule has 0 amide bonds. The van der Waals surface area contributed by atoms with Gasteiger partial charge in [-0.05, 0) is 11.1 Å². The van der Waals surface area contributed by atoms with Gasteiger partial charge < -0.3 is 0 Å². The van der Waals surface area contributed by atoms with Crippen molar-refractivity contribution in [3.8, 4) is 12.3 Å². The Bertz CT molecular complexity index is 367. The molecule has 0 fully saturated rings. The fraction of sp³-hybridized carbons (Fsp3) is 0.333. The van der Waals surface area contributed by atoms with Crippen LogP contribution in [0, 0.1) is 12.3 Å². The van der Waals surface area contributed by atoms with E-state index in [4.69, 9.17) is 6.42 Å². The summed E-state index contributed by atoms with van der Waals surface area (Å²) in [5, 5.41) is 3.03. The van der Waals surface area contributed by atoms with Crippen molar-refractivity contribution < 1.29 is 4.39 Å². The van der Waals surface area contributed by atoms with Crippen LogP contribution in [0.3, 0.4) is 0 Å². The lowest BCUT2D eigenvalue weighted by molar-refractivity contribution is 0.275. The molecule has 1 aromatic rings. The van der Waals surface area contributed by atoms with Crippen LogP contribution in [0.1, 0.15) is 17.2 Å². The van der Waals surface area contributed by atoms with E-state index < -0.39 is 6.17 Å². The third-order valence-corrected chi connectivity index (χ3v) is 2.59. The Morgan fingerprint density at radius 3 is 3.07 bits per heavy atom. The Morgan fingerprint density at radius 2 is 2.29 bits per heavy atom. The van der Waals surface area contributed by atoms with E-state index in [9.17, 15) is 4.39 Å². The number of halogens is 1. The molecule has 1 aromatic carbocycles. The van der Waals surface area contributed by atoms with E-state index in [1.165, 1.54) is 0 Å². The summed E-state index contributed by atoms with van der Waals surface area (Å²) in [5.41, 5.74) is 2.14. The Balaban J connectivity index is 2.22. The first-order valence-electron chi connectivity index (χ1n) is 4.71. The highest BCUT2D eigenvalue weighted by Gasteiger charge is 2.31. The van der Waals surface area contributed by atoms with Gasteiger partial charge in [0.1, 0.15) is 6.17 Å². The van der Waals surface area contributed by atoms with Gasteiger partial charge in [0.25, 0.3) is 0 Å². The van der Waals surface area contributed by atoms with Crippen molar-refractivity contribution in [1.29, 1.82) is 0 Å². The molecular weight excluding hydrogens is 176 g/mol. The predicted octanol–water partition coefficient (Wildman–Crippen LogP) is 1.84. The molecule has 0 heterocycles. The van der Waals surface area contributed by atoms with E-state index in [1.54, 1.807) is 0 Å². The number of hydrogen-bond acceptors (Lipinski definition) is 1. The molecule has 1 aliphatic rings. The number of alkyl halides is 1. The maximum absolute atomic E-state index is 13.6. The fourth-order valence-corrected chi connectivity index (χ4v) is 1.95. The van der Waals surface area contributed by atoms with Crippen LogP contribution in [0.5, 0.6) is 0 Å². The van der Waals surface area contributed by atoms with Crippen LogP contribution < -0.4 is 5.32 Å². The number of fused-ring (bicyclic) bond motifs is 1. The molecule has 2 atom stereocenters. The van der Waals surface area contributed by atoms with Crippen LogP contribution in [-0.2, 0) is 6.42 Å². The molecular formula is C12H12FN. The maximum atomic E-state index is 13.6. The third kappa shape index (κ3) is 1.51. The highest BCUT2D eigenvalue weighted by molar-refractivity contribution is 5.36. The minimum absolute atomic E-state index is 0.220. The average molecular weight is 188 g/mol. The standard InChI is InChI=1S/C12H12FN/c1-2-7-14-12-10-6-4-3-5-9(10)8-11(12)13/h1,3-6,11-12,14H,7-8H2/t11-,12-/m0/s1/i13-1. The molecule has 0 unspecified atom stereocenters. The van der Waals surface area contributed by atoms with E-state index >= 15 is 0 Å². The zero-order valence-corrected chi connectivity index (χ0v) is 7.83. The van der Waals surface area contributed by atoms with Gasteiger partial charge in [-0.3, -0.25) is 5.32 Å². The molecule has 72 valence electrons. The first-order valence-corrected chi connectivity index (χ1v) is 4.71. The van der Waals surface area contributed by atoms with Gasteiger partial charge in [-0.15, -0.1) is 6.42 Å². The molecule has 2 rings (SSSR count). The summed E-state index contributed by atoms with van der Waals surface area (Å²) in [5.74, 6) is 2.47. The molecule has 0 radical (unpaired) electrons. The van der Waals surface area contributed by atoms with E-state index in [0.717, 1.165) is 11.1 Å². The molecule has 0 bridgehead atoms. The van der Waals surface area contributed by atoms with Crippen LogP contribution in [-0.4, -0.2) is 12.7 Å². The second-order valence-corrected chi connectivity index (χ2v) is 3.48. The number of nitrogens with one attached hydrogen (secondary N) is 1. The van der Waals surface area contributed by atoms with Gasteiger partial charge in [-0.1, -0.05) is 30.2 Å². The first kappa shape index (κ1) is 9.23. The van der Waals surface area contributed by atoms with Gasteiger partial charge in [-0.2, -0.15) is 0 Å². The quantitative estimate of drug-likeness (QED) is 0.698. The van der Waals surface area contributed by atoms with E-state index in [-0.39, 0.29) is 6.04 Å². The minimum atomic E-state index is -0.847. The minimum Gasteiger partial charge on any atom is -0.297 e. The molecule has 0 aliphatic heterocycles. The van der Waals surface area contributed by atoms with Gasteiger partial charge in [-0.25, -0.2) is 4.39 Å². The maximum Gasteiger partial charge on any atom is 0.124 e. The monoisotopic (exact) mass is 188 g/mol. The van der Waals surface area contributed by atoms with Crippen LogP contribution in [0.2, 0.25) is 0 Å². The van der Waals surface area contributed by atoms with Crippen molar-refractivity contribution >= 4 is 0 Å². The Kier molecular flexibility index (Phi) is 2.51. The van der Waals surface area contributed by atoms with Gasteiger partial charge in [0, 0.05) is 6.42 Å². The fourth-order valence-electron chi connectivity index (χ4n) is 1.95. The molecule has 2 heteroatoms. The smallest absolute Gasteiger partial charge is 0.124 e. The highest BCUT2D eigenvalue weighted by atomic mass is 18.2. The van der Waals surface area contributed by atoms with E-state index in [0.29, 0.717) is 13.0 Å². The highest BCUT2D eigenvalue weighted by Crippen LogP contribution is 2.32. The number of rotatable bonds is 2. The van der Waals surface area contributed by atoms with Crippen LogP contribution >= 0.6 is 0 Å². The van der Waals surface area contributed by atoms with Crippen molar-refractivity contribution in [2.75, 3.05) is 6.54 Å². The molecule has 1 nitrogen and oxygen atoms in total. The largest absolute Gasteiger partial charge is 0.297 e. The van der Waals surface area contributed by atoms with Crippen molar-refractivity contribution in [2.24, 2.45) is 0 Å². The van der Waals surface area contributed by atoms with Gasteiger partial charge in [0.05, 0.1) is 12.6 Å². The summed E-state index contributed by atoms with van der Waals surface area (Å²) in [7, 11) is 0. The van der Waals surface area contributed by atoms with Gasteiger partial charge in [0.15, 0.2) is 0 Å². The van der Waals surface area contributed by atoms with E-state index in [2.05, 4.69) is 11.2 Å². The second kappa shape index (κ2) is 3.81. The summed E-state index contributed by atoms with van der Waals surface area (Å²) < 4.78 is 13.6. The van der Waals surface area contributed by atoms with E-state index in [1.807, 2.05) is 24.3 Å². The predicted molar refractivity (Wildman–Crippen MR) is 54.6 cm³/mol. The molecule has 1 aliphatic carbocycles. The lowest BCUT2D eigenvalue weighted by atomic mass is 10.1. The lowest BCUT2D eigenvalue weighted by Crippen LogP contribution is -2.26. The topological polar surface area (TPSA) is 12.0 Å². The van der Waals surface area contributed by atoms with Crippen molar-refractivity contribution in [3.05, 3.63) is 35.4 Å². The number of benzene rings is 1. The average Bonchev–Trinajstić information content (AvgIpc) is 2.51. The SMILES string of the molecule is C#CCN[C@H]1c2ccccc2C[C@@H]1[18F]. The lowest BCUT2D eigenvalue weighted by Gasteiger charge is -2.14. The second-order valence-electron chi connectivity index (χ2n) is 3.48. The number of terminal acetylenes is 1. The third-order valence-electron chi connectivity index (χ3n) is 2.59. The Hall–Kier alpha value is -1.33. The summed E-state index contributed by atoms with van der Waals surface area (Å²) >= 11 is 0. The molecule has 0 spiro atoms. The van der Waals surface area contributed by atoms with Crippen molar-refractivity contribution in [2.45, 2.75) is 18.6 Å². The van der Waals surface area contributed by atoms with Crippen LogP contribution in [0.4, 0.5) is 4.39 Å². The summed E-state index contributed by atoms with van der Waals surface area (Å²) in [6.07, 6.45) is 4.79. The normalized spacial score (nSPS) is 24.3.